The summed E-state index contributed by atoms with van der Waals surface area (Å²) < 4.78 is 5.77. The highest BCUT2D eigenvalue weighted by atomic mass is 35.5. The number of benzene rings is 2. The molecule has 134 valence electrons. The Balaban J connectivity index is 2.12. The van der Waals surface area contributed by atoms with Gasteiger partial charge in [0.25, 0.3) is 0 Å². The number of carbonyl (C=O) groups is 1. The van der Waals surface area contributed by atoms with Crippen molar-refractivity contribution in [2.75, 3.05) is 13.2 Å². The first-order valence-electron chi connectivity index (χ1n) is 7.38. The molecule has 0 aromatic heterocycles. The number of rotatable bonds is 7. The lowest BCUT2D eigenvalue weighted by Gasteiger charge is -2.14. The Morgan fingerprint density at radius 1 is 1.20 bits per heavy atom. The zero-order valence-electron chi connectivity index (χ0n) is 13.3. The van der Waals surface area contributed by atoms with E-state index in [9.17, 15) is 4.79 Å². The summed E-state index contributed by atoms with van der Waals surface area (Å²) in [6, 6.07) is 10.1. The minimum atomic E-state index is -0.376. The Labute approximate surface area is 165 Å². The maximum atomic E-state index is 11.9. The van der Waals surface area contributed by atoms with Gasteiger partial charge in [0.2, 0.25) is 5.91 Å². The first-order valence-corrected chi connectivity index (χ1v) is 9.39. The van der Waals surface area contributed by atoms with Crippen LogP contribution in [0.2, 0.25) is 15.1 Å². The van der Waals surface area contributed by atoms with E-state index < -0.39 is 0 Å². The third-order valence-corrected chi connectivity index (χ3v) is 5.24. The molecular formula is C17H16Cl3NO3S. The summed E-state index contributed by atoms with van der Waals surface area (Å²) in [4.78, 5) is 12.6. The second-order valence-corrected chi connectivity index (χ2v) is 7.68. The van der Waals surface area contributed by atoms with Crippen LogP contribution >= 0.6 is 46.6 Å². The van der Waals surface area contributed by atoms with E-state index in [2.05, 4.69) is 5.32 Å². The maximum Gasteiger partial charge on any atom is 0.233 e. The van der Waals surface area contributed by atoms with Gasteiger partial charge in [-0.25, -0.2) is 0 Å². The number of carbonyl (C=O) groups excluding carboxylic acids is 1. The molecule has 8 heteroatoms. The van der Waals surface area contributed by atoms with Crippen LogP contribution < -0.4 is 10.1 Å². The molecule has 0 spiro atoms. The summed E-state index contributed by atoms with van der Waals surface area (Å²) in [7, 11) is 0. The van der Waals surface area contributed by atoms with E-state index >= 15 is 0 Å². The smallest absolute Gasteiger partial charge is 0.233 e. The monoisotopic (exact) mass is 419 g/mol. The van der Waals surface area contributed by atoms with Gasteiger partial charge in [0.1, 0.15) is 11.5 Å². The third-order valence-electron chi connectivity index (χ3n) is 3.11. The van der Waals surface area contributed by atoms with Crippen LogP contribution in [0, 0.1) is 0 Å². The van der Waals surface area contributed by atoms with E-state index in [0.717, 1.165) is 0 Å². The van der Waals surface area contributed by atoms with Gasteiger partial charge in [0.05, 0.1) is 21.9 Å². The number of ether oxygens (including phenoxy) is 1. The maximum absolute atomic E-state index is 11.9. The predicted octanol–water partition coefficient (Wildman–Crippen LogP) is 5.03. The lowest BCUT2D eigenvalue weighted by atomic mass is 10.3. The Bertz CT molecular complexity index is 758. The zero-order valence-corrected chi connectivity index (χ0v) is 16.3. The SMILES string of the molecule is CC(Sc1cc(Oc2ccc(Cl)cc2Cl)ccc1Cl)C(=O)NCCO. The Morgan fingerprint density at radius 3 is 2.64 bits per heavy atom. The van der Waals surface area contributed by atoms with Gasteiger partial charge < -0.3 is 15.2 Å². The normalized spacial score (nSPS) is 11.9. The molecule has 2 N–H and O–H groups in total. The lowest BCUT2D eigenvalue weighted by molar-refractivity contribution is -0.120. The molecule has 2 rings (SSSR count). The lowest BCUT2D eigenvalue weighted by Crippen LogP contribution is -2.32. The van der Waals surface area contributed by atoms with Gasteiger partial charge in [0.15, 0.2) is 0 Å². The van der Waals surface area contributed by atoms with Crippen LogP contribution in [0.15, 0.2) is 41.3 Å². The van der Waals surface area contributed by atoms with E-state index in [1.807, 2.05) is 0 Å². The molecule has 0 aliphatic heterocycles. The van der Waals surface area contributed by atoms with Crippen molar-refractivity contribution in [2.24, 2.45) is 0 Å². The zero-order chi connectivity index (χ0) is 18.4. The summed E-state index contributed by atoms with van der Waals surface area (Å²) >= 11 is 19.5. The summed E-state index contributed by atoms with van der Waals surface area (Å²) in [5, 5.41) is 12.4. The predicted molar refractivity (Wildman–Crippen MR) is 103 cm³/mol. The van der Waals surface area contributed by atoms with Crippen molar-refractivity contribution in [3.63, 3.8) is 0 Å². The van der Waals surface area contributed by atoms with Gasteiger partial charge >= 0.3 is 0 Å². The molecular weight excluding hydrogens is 405 g/mol. The fraction of sp³-hybridized carbons (Fsp3) is 0.235. The van der Waals surface area contributed by atoms with Crippen molar-refractivity contribution in [3.8, 4) is 11.5 Å². The molecule has 25 heavy (non-hydrogen) atoms. The number of hydrogen-bond acceptors (Lipinski definition) is 4. The molecule has 2 aromatic rings. The molecule has 0 aliphatic carbocycles. The van der Waals surface area contributed by atoms with Crippen LogP contribution in [0.5, 0.6) is 11.5 Å². The van der Waals surface area contributed by atoms with Crippen molar-refractivity contribution in [2.45, 2.75) is 17.1 Å². The molecule has 0 saturated heterocycles. The minimum Gasteiger partial charge on any atom is -0.456 e. The highest BCUT2D eigenvalue weighted by Gasteiger charge is 2.16. The van der Waals surface area contributed by atoms with Gasteiger partial charge in [-0.05, 0) is 43.3 Å². The van der Waals surface area contributed by atoms with E-state index in [4.69, 9.17) is 44.6 Å². The Morgan fingerprint density at radius 2 is 1.96 bits per heavy atom. The topological polar surface area (TPSA) is 58.6 Å². The number of amides is 1. The van der Waals surface area contributed by atoms with Gasteiger partial charge in [-0.15, -0.1) is 11.8 Å². The number of halogens is 3. The van der Waals surface area contributed by atoms with E-state index in [1.54, 1.807) is 43.3 Å². The molecule has 0 heterocycles. The number of hydrogen-bond donors (Lipinski definition) is 2. The van der Waals surface area contributed by atoms with Crippen molar-refractivity contribution in [3.05, 3.63) is 51.5 Å². The van der Waals surface area contributed by atoms with E-state index in [1.165, 1.54) is 11.8 Å². The molecule has 0 bridgehead atoms. The van der Waals surface area contributed by atoms with E-state index in [0.29, 0.717) is 31.5 Å². The first-order chi connectivity index (χ1) is 11.9. The van der Waals surface area contributed by atoms with Crippen LogP contribution in [0.4, 0.5) is 0 Å². The standard InChI is InChI=1S/C17H16Cl3NO3S/c1-10(17(23)21-6-7-22)25-16-9-12(3-4-13(16)19)24-15-5-2-11(18)8-14(15)20/h2-5,8-10,22H,6-7H2,1H3,(H,21,23). The molecule has 0 saturated carbocycles. The average Bonchev–Trinajstić information content (AvgIpc) is 2.58. The van der Waals surface area contributed by atoms with Crippen molar-refractivity contribution in [1.29, 1.82) is 0 Å². The highest BCUT2D eigenvalue weighted by molar-refractivity contribution is 8.00. The summed E-state index contributed by atoms with van der Waals surface area (Å²) in [6.45, 7) is 1.88. The molecule has 1 atom stereocenters. The van der Waals surface area contributed by atoms with Crippen LogP contribution in [0.3, 0.4) is 0 Å². The number of thioether (sulfide) groups is 1. The summed E-state index contributed by atoms with van der Waals surface area (Å²) in [5.41, 5.74) is 0. The van der Waals surface area contributed by atoms with Crippen molar-refractivity contribution >= 4 is 52.5 Å². The van der Waals surface area contributed by atoms with Crippen molar-refractivity contribution < 1.29 is 14.6 Å². The van der Waals surface area contributed by atoms with Crippen LogP contribution in [0.1, 0.15) is 6.92 Å². The Hall–Kier alpha value is -1.11. The van der Waals surface area contributed by atoms with Gasteiger partial charge in [-0.1, -0.05) is 34.8 Å². The summed E-state index contributed by atoms with van der Waals surface area (Å²) in [5.74, 6) is 0.833. The molecule has 4 nitrogen and oxygen atoms in total. The minimum absolute atomic E-state index is 0.102. The second kappa shape index (κ2) is 9.55. The van der Waals surface area contributed by atoms with Gasteiger partial charge in [0, 0.05) is 16.5 Å². The first kappa shape index (κ1) is 20.2. The molecule has 0 radical (unpaired) electrons. The van der Waals surface area contributed by atoms with Crippen LogP contribution in [0.25, 0.3) is 0 Å². The molecule has 0 aliphatic rings. The van der Waals surface area contributed by atoms with Gasteiger partial charge in [-0.2, -0.15) is 0 Å². The number of aliphatic hydroxyl groups is 1. The van der Waals surface area contributed by atoms with Crippen LogP contribution in [-0.4, -0.2) is 29.4 Å². The van der Waals surface area contributed by atoms with Crippen molar-refractivity contribution in [1.82, 2.24) is 5.32 Å². The molecule has 2 aromatic carbocycles. The van der Waals surface area contributed by atoms with Gasteiger partial charge in [-0.3, -0.25) is 4.79 Å². The molecule has 1 amide bonds. The molecule has 1 unspecified atom stereocenters. The highest BCUT2D eigenvalue weighted by Crippen LogP contribution is 2.37. The second-order valence-electron chi connectivity index (χ2n) is 5.04. The summed E-state index contributed by atoms with van der Waals surface area (Å²) in [6.07, 6.45) is 0. The van der Waals surface area contributed by atoms with Crippen LogP contribution in [-0.2, 0) is 4.79 Å². The van der Waals surface area contributed by atoms with E-state index in [-0.39, 0.29) is 24.3 Å². The third kappa shape index (κ3) is 5.97. The fourth-order valence-corrected chi connectivity index (χ4v) is 3.52. The average molecular weight is 421 g/mol. The largest absolute Gasteiger partial charge is 0.456 e. The Kier molecular flexibility index (Phi) is 7.72. The molecule has 0 fully saturated rings. The number of aliphatic hydroxyl groups excluding tert-OH is 1. The fourth-order valence-electron chi connectivity index (χ4n) is 1.89. The quantitative estimate of drug-likeness (QED) is 0.617. The number of nitrogens with one attached hydrogen (secondary N) is 1.